The van der Waals surface area contributed by atoms with E-state index in [1.165, 1.54) is 19.3 Å². The molecule has 0 aliphatic rings. The van der Waals surface area contributed by atoms with Gasteiger partial charge < -0.3 is 14.9 Å². The summed E-state index contributed by atoms with van der Waals surface area (Å²) >= 11 is 7.07. The molecule has 6 heteroatoms. The quantitative estimate of drug-likeness (QED) is 0.348. The van der Waals surface area contributed by atoms with E-state index in [0.29, 0.717) is 6.61 Å². The maximum absolute atomic E-state index is 8.43. The van der Waals surface area contributed by atoms with Gasteiger partial charge in [0, 0.05) is 6.61 Å². The Kier molecular flexibility index (Phi) is 12.8. The zero-order chi connectivity index (χ0) is 11.6. The molecule has 0 bridgehead atoms. The Morgan fingerprint density at radius 3 is 1.93 bits per heavy atom. The van der Waals surface area contributed by atoms with E-state index >= 15 is 0 Å². The number of aliphatic hydroxyl groups is 1. The van der Waals surface area contributed by atoms with Gasteiger partial charge in [0.05, 0.1) is 0 Å². The Bertz CT molecular complexity index is 150. The average molecular weight is 260 g/mol. The first-order chi connectivity index (χ1) is 6.27. The topological polar surface area (TPSA) is 60.7 Å². The van der Waals surface area contributed by atoms with Crippen molar-refractivity contribution < 1.29 is 14.9 Å². The van der Waals surface area contributed by atoms with Gasteiger partial charge in [-0.15, -0.1) is 0 Å². The molecule has 0 rings (SSSR count). The molecule has 0 aromatic heterocycles. The highest BCUT2D eigenvalue weighted by atomic mass is 32.9. The van der Waals surface area contributed by atoms with Crippen LogP contribution in [0.3, 0.4) is 0 Å². The number of hydrogen-bond acceptors (Lipinski definition) is 2. The fourth-order valence-electron chi connectivity index (χ4n) is 0.841. The summed E-state index contributed by atoms with van der Waals surface area (Å²) in [7, 11) is 0. The summed E-state index contributed by atoms with van der Waals surface area (Å²) in [6.45, 7) is 4.83. The molecule has 0 atom stereocenters. The number of thiol groups is 1. The van der Waals surface area contributed by atoms with E-state index in [9.17, 15) is 0 Å². The van der Waals surface area contributed by atoms with Crippen molar-refractivity contribution in [2.24, 2.45) is 5.92 Å². The molecule has 0 radical (unpaired) electrons. The molecule has 0 aliphatic heterocycles. The van der Waals surface area contributed by atoms with Crippen LogP contribution in [0.1, 0.15) is 39.5 Å². The second-order valence-electron chi connectivity index (χ2n) is 3.48. The molecular weight excluding hydrogens is 239 g/mol. The van der Waals surface area contributed by atoms with Gasteiger partial charge in [0.15, 0.2) is 0 Å². The number of rotatable bonds is 5. The molecule has 0 aliphatic carbocycles. The summed E-state index contributed by atoms with van der Waals surface area (Å²) < 4.78 is 0. The first-order valence-electron chi connectivity index (χ1n) is 4.66. The van der Waals surface area contributed by atoms with Crippen LogP contribution in [0.15, 0.2) is 0 Å². The summed E-state index contributed by atoms with van der Waals surface area (Å²) in [5.74, 6) is 0.823. The van der Waals surface area contributed by atoms with Gasteiger partial charge in [-0.3, -0.25) is 0 Å². The van der Waals surface area contributed by atoms with Gasteiger partial charge in [-0.05, 0) is 24.1 Å². The van der Waals surface area contributed by atoms with E-state index in [-0.39, 0.29) is 0 Å². The van der Waals surface area contributed by atoms with Crippen molar-refractivity contribution >= 4 is 29.7 Å². The first kappa shape index (κ1) is 17.3. The van der Waals surface area contributed by atoms with E-state index in [2.05, 4.69) is 37.9 Å². The molecular formula is C8H21O3PS2. The van der Waals surface area contributed by atoms with Crippen molar-refractivity contribution in [1.82, 2.24) is 0 Å². The fraction of sp³-hybridized carbons (Fsp3) is 1.00. The van der Waals surface area contributed by atoms with Gasteiger partial charge in [-0.25, -0.2) is 0 Å². The summed E-state index contributed by atoms with van der Waals surface area (Å²) in [4.78, 5) is 15.7. The summed E-state index contributed by atoms with van der Waals surface area (Å²) in [5, 5.41) is 8.43. The normalized spacial score (nSPS) is 11.1. The van der Waals surface area contributed by atoms with Gasteiger partial charge >= 0.3 is 0 Å². The standard InChI is InChI=1S/C8H18O.H3O2PS2/c1-8(2)6-4-3-5-7-9;1-3(2,4)5/h8-9H,3-7H2,1-2H3;(H3,1,2,4,5). The third-order valence-corrected chi connectivity index (χ3v) is 1.44. The molecule has 0 spiro atoms. The number of unbranched alkanes of at least 4 members (excludes halogenated alkanes) is 2. The third-order valence-electron chi connectivity index (χ3n) is 1.44. The van der Waals surface area contributed by atoms with Crippen LogP contribution in [0.2, 0.25) is 0 Å². The maximum atomic E-state index is 8.43. The molecule has 3 N–H and O–H groups in total. The molecule has 0 saturated heterocycles. The van der Waals surface area contributed by atoms with Gasteiger partial charge in [0.1, 0.15) is 0 Å². The van der Waals surface area contributed by atoms with E-state index in [1.54, 1.807) is 0 Å². The van der Waals surface area contributed by atoms with Crippen molar-refractivity contribution in [2.45, 2.75) is 39.5 Å². The van der Waals surface area contributed by atoms with Crippen LogP contribution in [0.4, 0.5) is 0 Å². The Labute approximate surface area is 96.9 Å². The minimum absolute atomic E-state index is 0.359. The Morgan fingerprint density at radius 1 is 1.21 bits per heavy atom. The third kappa shape index (κ3) is 38.4. The second-order valence-corrected chi connectivity index (χ2v) is 8.52. The molecule has 0 aromatic rings. The van der Waals surface area contributed by atoms with Gasteiger partial charge in [-0.1, -0.05) is 45.4 Å². The van der Waals surface area contributed by atoms with Crippen molar-refractivity contribution in [3.8, 4) is 0 Å². The largest absolute Gasteiger partial charge is 0.396 e. The van der Waals surface area contributed by atoms with Crippen molar-refractivity contribution in [2.75, 3.05) is 6.61 Å². The lowest BCUT2D eigenvalue weighted by molar-refractivity contribution is 0.281. The highest BCUT2D eigenvalue weighted by Crippen LogP contribution is 2.39. The van der Waals surface area contributed by atoms with Crippen LogP contribution in [-0.4, -0.2) is 21.5 Å². The highest BCUT2D eigenvalue weighted by Gasteiger charge is 1.92. The molecule has 88 valence electrons. The molecule has 14 heavy (non-hydrogen) atoms. The molecule has 0 heterocycles. The second kappa shape index (κ2) is 10.4. The monoisotopic (exact) mass is 260 g/mol. The van der Waals surface area contributed by atoms with E-state index in [1.807, 2.05) is 0 Å². The van der Waals surface area contributed by atoms with Crippen LogP contribution in [0, 0.1) is 5.92 Å². The Morgan fingerprint density at radius 2 is 1.64 bits per heavy atom. The molecule has 3 nitrogen and oxygen atoms in total. The maximum Gasteiger partial charge on any atom is 0.239 e. The lowest BCUT2D eigenvalue weighted by Gasteiger charge is -2.01. The minimum Gasteiger partial charge on any atom is -0.396 e. The Balaban J connectivity index is 0. The van der Waals surface area contributed by atoms with Gasteiger partial charge in [-0.2, -0.15) is 0 Å². The summed E-state index contributed by atoms with van der Waals surface area (Å²) in [6, 6.07) is 0. The van der Waals surface area contributed by atoms with Crippen LogP contribution >= 0.6 is 17.9 Å². The molecule has 0 aromatic carbocycles. The van der Waals surface area contributed by atoms with Crippen LogP contribution in [-0.2, 0) is 11.8 Å². The van der Waals surface area contributed by atoms with Crippen molar-refractivity contribution in [1.29, 1.82) is 0 Å². The first-order valence-corrected chi connectivity index (χ1v) is 8.52. The zero-order valence-corrected chi connectivity index (χ0v) is 11.4. The van der Waals surface area contributed by atoms with Crippen molar-refractivity contribution in [3.05, 3.63) is 0 Å². The SMILES string of the molecule is CC(C)CCCCCO.OP(O)(=S)S. The van der Waals surface area contributed by atoms with Gasteiger partial charge in [0.2, 0.25) is 5.69 Å². The highest BCUT2D eigenvalue weighted by molar-refractivity contribution is 8.59. The molecule has 0 unspecified atom stereocenters. The van der Waals surface area contributed by atoms with Crippen LogP contribution in [0.25, 0.3) is 0 Å². The lowest BCUT2D eigenvalue weighted by atomic mass is 10.1. The van der Waals surface area contributed by atoms with Gasteiger partial charge in [0.25, 0.3) is 0 Å². The van der Waals surface area contributed by atoms with E-state index in [4.69, 9.17) is 14.9 Å². The summed E-state index contributed by atoms with van der Waals surface area (Å²) in [5.41, 5.74) is -3.11. The number of aliphatic hydroxyl groups excluding tert-OH is 1. The van der Waals surface area contributed by atoms with Crippen LogP contribution in [0.5, 0.6) is 0 Å². The smallest absolute Gasteiger partial charge is 0.239 e. The predicted octanol–water partition coefficient (Wildman–Crippen LogP) is 2.32. The number of hydrogen-bond donors (Lipinski definition) is 4. The summed E-state index contributed by atoms with van der Waals surface area (Å²) in [6.07, 6.45) is 4.75. The molecule has 0 fully saturated rings. The lowest BCUT2D eigenvalue weighted by Crippen LogP contribution is -1.88. The van der Waals surface area contributed by atoms with E-state index in [0.717, 1.165) is 12.3 Å². The van der Waals surface area contributed by atoms with Crippen LogP contribution < -0.4 is 0 Å². The average Bonchev–Trinajstić information content (AvgIpc) is 1.94. The predicted molar refractivity (Wildman–Crippen MR) is 68.1 cm³/mol. The molecule has 0 amide bonds. The minimum atomic E-state index is -3.11. The molecule has 0 saturated carbocycles. The Hall–Kier alpha value is 0.880. The zero-order valence-electron chi connectivity index (χ0n) is 8.76. The fourth-order valence-corrected chi connectivity index (χ4v) is 0.841. The van der Waals surface area contributed by atoms with E-state index < -0.39 is 5.69 Å². The van der Waals surface area contributed by atoms with Crippen molar-refractivity contribution in [3.63, 3.8) is 0 Å².